The molecule has 0 heterocycles. The van der Waals surface area contributed by atoms with E-state index in [-0.39, 0.29) is 0 Å². The van der Waals surface area contributed by atoms with Crippen LogP contribution < -0.4 is 10.2 Å². The summed E-state index contributed by atoms with van der Waals surface area (Å²) in [5, 5.41) is 3.45. The van der Waals surface area contributed by atoms with Crippen molar-refractivity contribution < 1.29 is 0 Å². The molecular weight excluding hydrogens is 220 g/mol. The van der Waals surface area contributed by atoms with Crippen LogP contribution >= 0.6 is 0 Å². The number of aryl methyl sites for hydroxylation is 1. The largest absolute Gasteiger partial charge is 0.369 e. The zero-order chi connectivity index (χ0) is 13.0. The summed E-state index contributed by atoms with van der Waals surface area (Å²) in [5.41, 5.74) is 2.81. The third kappa shape index (κ3) is 2.86. The van der Waals surface area contributed by atoms with Crippen molar-refractivity contribution >= 4 is 5.69 Å². The first-order valence-electron chi connectivity index (χ1n) is 7.25. The van der Waals surface area contributed by atoms with Crippen LogP contribution in [-0.4, -0.2) is 25.7 Å². The monoisotopic (exact) mass is 246 g/mol. The highest BCUT2D eigenvalue weighted by Crippen LogP contribution is 2.29. The van der Waals surface area contributed by atoms with Gasteiger partial charge in [0.1, 0.15) is 0 Å². The van der Waals surface area contributed by atoms with Gasteiger partial charge in [0.05, 0.1) is 0 Å². The van der Waals surface area contributed by atoms with Crippen molar-refractivity contribution in [1.82, 2.24) is 5.32 Å². The second-order valence-corrected chi connectivity index (χ2v) is 5.38. The lowest BCUT2D eigenvalue weighted by Crippen LogP contribution is -2.43. The van der Waals surface area contributed by atoms with Crippen molar-refractivity contribution in [2.45, 2.75) is 51.6 Å². The molecular formula is C16H26N2. The van der Waals surface area contributed by atoms with Gasteiger partial charge in [-0.3, -0.25) is 0 Å². The molecule has 2 nitrogen and oxygen atoms in total. The summed E-state index contributed by atoms with van der Waals surface area (Å²) in [4.78, 5) is 2.60. The van der Waals surface area contributed by atoms with E-state index in [1.165, 1.54) is 36.9 Å². The lowest BCUT2D eigenvalue weighted by molar-refractivity contribution is 0.342. The predicted octanol–water partition coefficient (Wildman–Crippen LogP) is 3.35. The molecule has 2 rings (SSSR count). The molecule has 0 radical (unpaired) electrons. The number of nitrogens with zero attached hydrogens (tertiary/aromatic N) is 1. The normalized spacial score (nSPS) is 23.9. The van der Waals surface area contributed by atoms with Crippen LogP contribution in [0, 0.1) is 6.92 Å². The lowest BCUT2D eigenvalue weighted by atomic mass is 9.89. The van der Waals surface area contributed by atoms with Gasteiger partial charge in [-0.1, -0.05) is 18.2 Å². The van der Waals surface area contributed by atoms with E-state index in [0.29, 0.717) is 12.1 Å². The van der Waals surface area contributed by atoms with Crippen LogP contribution in [0.3, 0.4) is 0 Å². The van der Waals surface area contributed by atoms with E-state index in [9.17, 15) is 0 Å². The molecule has 18 heavy (non-hydrogen) atoms. The minimum absolute atomic E-state index is 0.696. The fourth-order valence-electron chi connectivity index (χ4n) is 3.22. The van der Waals surface area contributed by atoms with E-state index in [2.05, 4.69) is 55.4 Å². The number of anilines is 1. The first kappa shape index (κ1) is 13.4. The number of rotatable bonds is 4. The Bertz CT molecular complexity index is 375. The van der Waals surface area contributed by atoms with Crippen LogP contribution in [0.15, 0.2) is 24.3 Å². The minimum atomic E-state index is 0.696. The van der Waals surface area contributed by atoms with Gasteiger partial charge in [-0.05, 0) is 58.2 Å². The van der Waals surface area contributed by atoms with Gasteiger partial charge in [0.15, 0.2) is 0 Å². The van der Waals surface area contributed by atoms with Gasteiger partial charge in [-0.2, -0.15) is 0 Å². The fourth-order valence-corrected chi connectivity index (χ4v) is 3.22. The third-order valence-electron chi connectivity index (χ3n) is 4.26. The smallest absolute Gasteiger partial charge is 0.0398 e. The van der Waals surface area contributed by atoms with E-state index >= 15 is 0 Å². The number of benzene rings is 1. The molecule has 1 aromatic rings. The second-order valence-electron chi connectivity index (χ2n) is 5.38. The van der Waals surface area contributed by atoms with Crippen LogP contribution in [0.4, 0.5) is 5.69 Å². The quantitative estimate of drug-likeness (QED) is 0.876. The Morgan fingerprint density at radius 2 is 2.06 bits per heavy atom. The zero-order valence-electron chi connectivity index (χ0n) is 11.9. The average molecular weight is 246 g/mol. The Hall–Kier alpha value is -1.02. The topological polar surface area (TPSA) is 15.3 Å². The van der Waals surface area contributed by atoms with E-state index in [4.69, 9.17) is 0 Å². The highest BCUT2D eigenvalue weighted by molar-refractivity contribution is 5.53. The van der Waals surface area contributed by atoms with Crippen LogP contribution in [0.5, 0.6) is 0 Å². The summed E-state index contributed by atoms with van der Waals surface area (Å²) in [6, 6.07) is 10.2. The Morgan fingerprint density at radius 3 is 2.72 bits per heavy atom. The summed E-state index contributed by atoms with van der Waals surface area (Å²) in [6.07, 6.45) is 5.29. The maximum absolute atomic E-state index is 3.45. The molecule has 2 atom stereocenters. The summed E-state index contributed by atoms with van der Waals surface area (Å²) in [5.74, 6) is 0. The highest BCUT2D eigenvalue weighted by Gasteiger charge is 2.25. The van der Waals surface area contributed by atoms with Crippen LogP contribution in [0.1, 0.15) is 38.2 Å². The molecule has 0 amide bonds. The van der Waals surface area contributed by atoms with Crippen LogP contribution in [0.25, 0.3) is 0 Å². The van der Waals surface area contributed by atoms with Gasteiger partial charge in [0, 0.05) is 24.3 Å². The van der Waals surface area contributed by atoms with Crippen LogP contribution in [0.2, 0.25) is 0 Å². The zero-order valence-corrected chi connectivity index (χ0v) is 11.9. The van der Waals surface area contributed by atoms with Gasteiger partial charge in [0.25, 0.3) is 0 Å². The summed E-state index contributed by atoms with van der Waals surface area (Å²) >= 11 is 0. The van der Waals surface area contributed by atoms with E-state index in [1.807, 2.05) is 0 Å². The molecule has 1 saturated carbocycles. The third-order valence-corrected chi connectivity index (χ3v) is 4.26. The lowest BCUT2D eigenvalue weighted by Gasteiger charge is -2.39. The number of hydrogen-bond donors (Lipinski definition) is 1. The molecule has 0 aromatic heterocycles. The van der Waals surface area contributed by atoms with Gasteiger partial charge >= 0.3 is 0 Å². The first-order chi connectivity index (χ1) is 8.76. The fraction of sp³-hybridized carbons (Fsp3) is 0.625. The summed E-state index contributed by atoms with van der Waals surface area (Å²) < 4.78 is 0. The molecule has 2 unspecified atom stereocenters. The standard InChI is InChI=1S/C16H26N2/c1-4-18(16-11-6-5-8-13(16)2)15-10-7-9-14(12-15)17-3/h5-6,8,11,14-15,17H,4,7,9-10,12H2,1-3H3. The molecule has 100 valence electrons. The molecule has 0 bridgehead atoms. The Labute approximate surface area is 111 Å². The van der Waals surface area contributed by atoms with Crippen molar-refractivity contribution in [3.8, 4) is 0 Å². The van der Waals surface area contributed by atoms with Crippen molar-refractivity contribution in [3.63, 3.8) is 0 Å². The molecule has 0 spiro atoms. The number of para-hydroxylation sites is 1. The molecule has 1 aliphatic rings. The molecule has 1 N–H and O–H groups in total. The van der Waals surface area contributed by atoms with E-state index < -0.39 is 0 Å². The Balaban J connectivity index is 2.15. The molecule has 1 fully saturated rings. The molecule has 1 aromatic carbocycles. The van der Waals surface area contributed by atoms with E-state index in [0.717, 1.165) is 6.54 Å². The second kappa shape index (κ2) is 6.24. The van der Waals surface area contributed by atoms with Gasteiger partial charge in [0.2, 0.25) is 0 Å². The Kier molecular flexibility index (Phi) is 4.65. The van der Waals surface area contributed by atoms with Gasteiger partial charge < -0.3 is 10.2 Å². The molecule has 0 aliphatic heterocycles. The summed E-state index contributed by atoms with van der Waals surface area (Å²) in [7, 11) is 2.09. The minimum Gasteiger partial charge on any atom is -0.369 e. The van der Waals surface area contributed by atoms with Crippen molar-refractivity contribution in [2.24, 2.45) is 0 Å². The van der Waals surface area contributed by atoms with E-state index in [1.54, 1.807) is 0 Å². The SMILES string of the molecule is CCN(c1ccccc1C)C1CCCC(NC)C1. The Morgan fingerprint density at radius 1 is 1.28 bits per heavy atom. The van der Waals surface area contributed by atoms with Gasteiger partial charge in [-0.15, -0.1) is 0 Å². The first-order valence-corrected chi connectivity index (χ1v) is 7.25. The molecule has 2 heteroatoms. The molecule has 1 aliphatic carbocycles. The number of hydrogen-bond acceptors (Lipinski definition) is 2. The van der Waals surface area contributed by atoms with Crippen molar-refractivity contribution in [1.29, 1.82) is 0 Å². The summed E-state index contributed by atoms with van der Waals surface area (Å²) in [6.45, 7) is 5.59. The van der Waals surface area contributed by atoms with Gasteiger partial charge in [-0.25, -0.2) is 0 Å². The van der Waals surface area contributed by atoms with Crippen molar-refractivity contribution in [2.75, 3.05) is 18.5 Å². The predicted molar refractivity (Wildman–Crippen MR) is 79.3 cm³/mol. The van der Waals surface area contributed by atoms with Crippen LogP contribution in [-0.2, 0) is 0 Å². The average Bonchev–Trinajstić information content (AvgIpc) is 2.42. The molecule has 0 saturated heterocycles. The number of nitrogens with one attached hydrogen (secondary N) is 1. The highest BCUT2D eigenvalue weighted by atomic mass is 15.2. The maximum atomic E-state index is 3.45. The van der Waals surface area contributed by atoms with Crippen molar-refractivity contribution in [3.05, 3.63) is 29.8 Å². The maximum Gasteiger partial charge on any atom is 0.0398 e.